The molecular weight excluding hydrogens is 224 g/mol. The molecule has 1 unspecified atom stereocenters. The molecule has 2 N–H and O–H groups in total. The summed E-state index contributed by atoms with van der Waals surface area (Å²) in [7, 11) is 0. The third-order valence-corrected chi connectivity index (χ3v) is 3.75. The lowest BCUT2D eigenvalue weighted by atomic mass is 10.1. The maximum absolute atomic E-state index is 9.76. The first-order valence-electron chi connectivity index (χ1n) is 6.90. The van der Waals surface area contributed by atoms with Crippen molar-refractivity contribution in [2.45, 2.75) is 39.3 Å². The number of phenols is 1. The topological polar surface area (TPSA) is 35.5 Å². The van der Waals surface area contributed by atoms with Crippen LogP contribution in [0, 0.1) is 6.92 Å². The highest BCUT2D eigenvalue weighted by Gasteiger charge is 2.17. The maximum Gasteiger partial charge on any atom is 0.120 e. The fourth-order valence-corrected chi connectivity index (χ4v) is 2.58. The van der Waals surface area contributed by atoms with E-state index in [9.17, 15) is 5.11 Å². The van der Waals surface area contributed by atoms with Crippen molar-refractivity contribution in [3.63, 3.8) is 0 Å². The van der Waals surface area contributed by atoms with Gasteiger partial charge in [-0.3, -0.25) is 4.90 Å². The van der Waals surface area contributed by atoms with Crippen LogP contribution in [0.2, 0.25) is 0 Å². The van der Waals surface area contributed by atoms with Gasteiger partial charge in [-0.15, -0.1) is 0 Å². The zero-order valence-electron chi connectivity index (χ0n) is 11.4. The molecular formula is C15H24N2O. The van der Waals surface area contributed by atoms with Gasteiger partial charge in [0, 0.05) is 24.7 Å². The van der Waals surface area contributed by atoms with E-state index in [4.69, 9.17) is 0 Å². The van der Waals surface area contributed by atoms with E-state index in [0.29, 0.717) is 11.8 Å². The number of aryl methyl sites for hydroxylation is 1. The number of phenolic OH excluding ortho intramolecular Hbond substituents is 1. The van der Waals surface area contributed by atoms with Crippen LogP contribution in [0.5, 0.6) is 5.75 Å². The minimum absolute atomic E-state index is 0.391. The molecule has 1 aromatic rings. The van der Waals surface area contributed by atoms with Crippen LogP contribution in [0.15, 0.2) is 18.2 Å². The van der Waals surface area contributed by atoms with Crippen molar-refractivity contribution in [3.05, 3.63) is 29.3 Å². The summed E-state index contributed by atoms with van der Waals surface area (Å²) in [5.41, 5.74) is 2.18. The molecule has 1 heterocycles. The first-order chi connectivity index (χ1) is 8.66. The summed E-state index contributed by atoms with van der Waals surface area (Å²) in [5, 5.41) is 13.2. The summed E-state index contributed by atoms with van der Waals surface area (Å²) in [6.07, 6.45) is 2.67. The summed E-state index contributed by atoms with van der Waals surface area (Å²) in [5.74, 6) is 0.391. The van der Waals surface area contributed by atoms with Crippen LogP contribution in [0.3, 0.4) is 0 Å². The van der Waals surface area contributed by atoms with Crippen LogP contribution in [-0.2, 0) is 6.54 Å². The van der Waals surface area contributed by atoms with Crippen LogP contribution in [0.4, 0.5) is 0 Å². The Morgan fingerprint density at radius 1 is 1.33 bits per heavy atom. The van der Waals surface area contributed by atoms with Gasteiger partial charge in [-0.2, -0.15) is 0 Å². The molecule has 1 aliphatic heterocycles. The lowest BCUT2D eigenvalue weighted by Crippen LogP contribution is -2.38. The van der Waals surface area contributed by atoms with Crippen LogP contribution < -0.4 is 5.32 Å². The largest absolute Gasteiger partial charge is 0.508 e. The smallest absolute Gasteiger partial charge is 0.120 e. The van der Waals surface area contributed by atoms with E-state index in [-0.39, 0.29) is 0 Å². The number of nitrogens with zero attached hydrogens (tertiary/aromatic N) is 1. The quantitative estimate of drug-likeness (QED) is 0.839. The van der Waals surface area contributed by atoms with E-state index in [0.717, 1.165) is 18.7 Å². The van der Waals surface area contributed by atoms with Crippen LogP contribution in [0.25, 0.3) is 0 Å². The Labute approximate surface area is 110 Å². The van der Waals surface area contributed by atoms with Gasteiger partial charge in [-0.25, -0.2) is 0 Å². The minimum Gasteiger partial charge on any atom is -0.508 e. The highest BCUT2D eigenvalue weighted by molar-refractivity contribution is 5.35. The summed E-state index contributed by atoms with van der Waals surface area (Å²) in [6.45, 7) is 8.51. The number of likely N-dealkylation sites (tertiary alicyclic amines) is 1. The van der Waals surface area contributed by atoms with Gasteiger partial charge in [0.2, 0.25) is 0 Å². The summed E-state index contributed by atoms with van der Waals surface area (Å²) >= 11 is 0. The summed E-state index contributed by atoms with van der Waals surface area (Å²) < 4.78 is 0. The van der Waals surface area contributed by atoms with E-state index in [1.165, 1.54) is 31.5 Å². The average molecular weight is 248 g/mol. The fourth-order valence-electron chi connectivity index (χ4n) is 2.58. The predicted octanol–water partition coefficient (Wildman–Crippen LogP) is 2.27. The van der Waals surface area contributed by atoms with E-state index in [2.05, 4.69) is 24.1 Å². The molecule has 0 aliphatic carbocycles. The number of nitrogens with one attached hydrogen (secondary N) is 1. The zero-order chi connectivity index (χ0) is 13.0. The molecule has 1 saturated heterocycles. The van der Waals surface area contributed by atoms with Crippen molar-refractivity contribution in [1.82, 2.24) is 10.2 Å². The normalized spacial score (nSPS) is 18.1. The van der Waals surface area contributed by atoms with Crippen LogP contribution in [-0.4, -0.2) is 35.7 Å². The minimum atomic E-state index is 0.391. The van der Waals surface area contributed by atoms with Gasteiger partial charge in [-0.05, 0) is 45.8 Å². The molecule has 100 valence electrons. The van der Waals surface area contributed by atoms with E-state index in [1.807, 2.05) is 12.1 Å². The molecule has 0 spiro atoms. The molecule has 18 heavy (non-hydrogen) atoms. The molecule has 1 aliphatic rings. The lowest BCUT2D eigenvalue weighted by Gasteiger charge is -2.24. The number of hydrogen-bond donors (Lipinski definition) is 2. The Hall–Kier alpha value is -1.06. The third-order valence-electron chi connectivity index (χ3n) is 3.75. The first kappa shape index (κ1) is 13.4. The number of aromatic hydroxyl groups is 1. The number of rotatable bonds is 5. The van der Waals surface area contributed by atoms with Gasteiger partial charge in [0.1, 0.15) is 5.75 Å². The standard InChI is InChI=1S/C15H24N2O/c1-12-5-6-15(18)14(9-12)11-16-10-13(2)17-7-3-4-8-17/h5-6,9,13,16,18H,3-4,7-8,10-11H2,1-2H3. The predicted molar refractivity (Wildman–Crippen MR) is 74.8 cm³/mol. The summed E-state index contributed by atoms with van der Waals surface area (Å²) in [6, 6.07) is 6.34. The van der Waals surface area contributed by atoms with Gasteiger partial charge in [0.05, 0.1) is 0 Å². The molecule has 0 saturated carbocycles. The second-order valence-corrected chi connectivity index (χ2v) is 5.36. The number of hydrogen-bond acceptors (Lipinski definition) is 3. The molecule has 0 radical (unpaired) electrons. The Morgan fingerprint density at radius 2 is 2.06 bits per heavy atom. The molecule has 1 aromatic carbocycles. The molecule has 3 heteroatoms. The molecule has 1 atom stereocenters. The van der Waals surface area contributed by atoms with Gasteiger partial charge in [-0.1, -0.05) is 17.7 Å². The van der Waals surface area contributed by atoms with Gasteiger partial charge >= 0.3 is 0 Å². The number of benzene rings is 1. The molecule has 3 nitrogen and oxygen atoms in total. The molecule has 0 amide bonds. The highest BCUT2D eigenvalue weighted by atomic mass is 16.3. The second-order valence-electron chi connectivity index (χ2n) is 5.36. The fraction of sp³-hybridized carbons (Fsp3) is 0.600. The monoisotopic (exact) mass is 248 g/mol. The van der Waals surface area contributed by atoms with Crippen molar-refractivity contribution >= 4 is 0 Å². The van der Waals surface area contributed by atoms with E-state index < -0.39 is 0 Å². The van der Waals surface area contributed by atoms with Crippen molar-refractivity contribution in [1.29, 1.82) is 0 Å². The van der Waals surface area contributed by atoms with Crippen LogP contribution in [0.1, 0.15) is 30.9 Å². The zero-order valence-corrected chi connectivity index (χ0v) is 11.4. The van der Waals surface area contributed by atoms with Crippen molar-refractivity contribution < 1.29 is 5.11 Å². The Morgan fingerprint density at radius 3 is 2.78 bits per heavy atom. The van der Waals surface area contributed by atoms with Gasteiger partial charge in [0.15, 0.2) is 0 Å². The third kappa shape index (κ3) is 3.47. The Kier molecular flexibility index (Phi) is 4.61. The van der Waals surface area contributed by atoms with Gasteiger partial charge < -0.3 is 10.4 Å². The summed E-state index contributed by atoms with van der Waals surface area (Å²) in [4.78, 5) is 2.53. The maximum atomic E-state index is 9.76. The Bertz CT molecular complexity index is 386. The second kappa shape index (κ2) is 6.21. The van der Waals surface area contributed by atoms with Crippen LogP contribution >= 0.6 is 0 Å². The molecule has 2 rings (SSSR count). The molecule has 1 fully saturated rings. The van der Waals surface area contributed by atoms with Crippen molar-refractivity contribution in [2.75, 3.05) is 19.6 Å². The average Bonchev–Trinajstić information content (AvgIpc) is 2.87. The SMILES string of the molecule is Cc1ccc(O)c(CNCC(C)N2CCCC2)c1. The Balaban J connectivity index is 1.79. The molecule has 0 aromatic heterocycles. The van der Waals surface area contributed by atoms with E-state index >= 15 is 0 Å². The van der Waals surface area contributed by atoms with Crippen molar-refractivity contribution in [3.8, 4) is 5.75 Å². The highest BCUT2D eigenvalue weighted by Crippen LogP contribution is 2.18. The first-order valence-corrected chi connectivity index (χ1v) is 6.90. The lowest BCUT2D eigenvalue weighted by molar-refractivity contribution is 0.251. The van der Waals surface area contributed by atoms with Gasteiger partial charge in [0.25, 0.3) is 0 Å². The molecule has 0 bridgehead atoms. The van der Waals surface area contributed by atoms with Crippen molar-refractivity contribution in [2.24, 2.45) is 0 Å². The van der Waals surface area contributed by atoms with E-state index in [1.54, 1.807) is 6.07 Å².